The van der Waals surface area contributed by atoms with Crippen molar-refractivity contribution < 1.29 is 9.53 Å². The van der Waals surface area contributed by atoms with Crippen molar-refractivity contribution in [3.05, 3.63) is 22.1 Å². The summed E-state index contributed by atoms with van der Waals surface area (Å²) < 4.78 is 5.79. The third-order valence-electron chi connectivity index (χ3n) is 1.95. The first-order valence-electron chi connectivity index (χ1n) is 4.48. The first-order valence-corrected chi connectivity index (χ1v) is 6.16. The molecule has 0 aromatic carbocycles. The van der Waals surface area contributed by atoms with Crippen LogP contribution >= 0.6 is 27.3 Å². The van der Waals surface area contributed by atoms with E-state index in [1.807, 2.05) is 6.08 Å². The van der Waals surface area contributed by atoms with E-state index in [4.69, 9.17) is 4.74 Å². The molecule has 6 heteroatoms. The van der Waals surface area contributed by atoms with Gasteiger partial charge in [0, 0.05) is 18.5 Å². The Labute approximate surface area is 99.7 Å². The molecule has 2 rings (SSSR count). The zero-order chi connectivity index (χ0) is 10.7. The molecule has 0 spiro atoms. The first-order chi connectivity index (χ1) is 7.25. The van der Waals surface area contributed by atoms with Crippen LogP contribution in [0.2, 0.25) is 0 Å². The fraction of sp³-hybridized carbons (Fsp3) is 0.333. The van der Waals surface area contributed by atoms with Crippen LogP contribution in [0, 0.1) is 0 Å². The Balaban J connectivity index is 1.94. The summed E-state index contributed by atoms with van der Waals surface area (Å²) in [6, 6.07) is 0. The summed E-state index contributed by atoms with van der Waals surface area (Å²) in [6.45, 7) is 1.33. The predicted molar refractivity (Wildman–Crippen MR) is 61.2 cm³/mol. The van der Waals surface area contributed by atoms with Crippen LogP contribution in [-0.2, 0) is 0 Å². The predicted octanol–water partition coefficient (Wildman–Crippen LogP) is 2.67. The molecule has 1 amide bonds. The van der Waals surface area contributed by atoms with E-state index in [9.17, 15) is 4.79 Å². The summed E-state index contributed by atoms with van der Waals surface area (Å²) in [5.74, 6) is 0. The lowest BCUT2D eigenvalue weighted by Crippen LogP contribution is -2.35. The van der Waals surface area contributed by atoms with E-state index in [0.717, 1.165) is 6.42 Å². The van der Waals surface area contributed by atoms with Crippen molar-refractivity contribution in [2.75, 3.05) is 13.1 Å². The SMILES string of the molecule is O=C(Oc1nc(Br)cs1)N1CC=CCC1. The standard InChI is InChI=1S/C9H9BrN2O2S/c10-7-6-15-8(11-7)14-9(13)12-4-2-1-3-5-12/h1-2,6H,3-5H2. The quantitative estimate of drug-likeness (QED) is 0.746. The van der Waals surface area contributed by atoms with Gasteiger partial charge in [-0.05, 0) is 22.4 Å². The van der Waals surface area contributed by atoms with Gasteiger partial charge in [-0.3, -0.25) is 0 Å². The van der Waals surface area contributed by atoms with Crippen LogP contribution in [0.4, 0.5) is 4.79 Å². The van der Waals surface area contributed by atoms with Crippen molar-refractivity contribution in [2.45, 2.75) is 6.42 Å². The van der Waals surface area contributed by atoms with Crippen molar-refractivity contribution in [3.8, 4) is 5.19 Å². The number of hydrogen-bond donors (Lipinski definition) is 0. The Morgan fingerprint density at radius 1 is 1.60 bits per heavy atom. The number of hydrogen-bond acceptors (Lipinski definition) is 4. The van der Waals surface area contributed by atoms with Crippen molar-refractivity contribution in [3.63, 3.8) is 0 Å². The number of amides is 1. The summed E-state index contributed by atoms with van der Waals surface area (Å²) in [7, 11) is 0. The second-order valence-electron chi connectivity index (χ2n) is 3.01. The van der Waals surface area contributed by atoms with E-state index >= 15 is 0 Å². The number of thiazole rings is 1. The zero-order valence-corrected chi connectivity index (χ0v) is 10.3. The molecular weight excluding hydrogens is 280 g/mol. The van der Waals surface area contributed by atoms with Crippen molar-refractivity contribution in [2.24, 2.45) is 0 Å². The Kier molecular flexibility index (Phi) is 3.37. The van der Waals surface area contributed by atoms with Crippen LogP contribution in [0.25, 0.3) is 0 Å². The monoisotopic (exact) mass is 288 g/mol. The van der Waals surface area contributed by atoms with Gasteiger partial charge in [0.1, 0.15) is 4.60 Å². The topological polar surface area (TPSA) is 42.4 Å². The maximum Gasteiger partial charge on any atom is 0.417 e. The number of halogens is 1. The Bertz CT molecular complexity index is 391. The Hall–Kier alpha value is -0.880. The molecule has 1 aliphatic rings. The summed E-state index contributed by atoms with van der Waals surface area (Å²) >= 11 is 4.50. The summed E-state index contributed by atoms with van der Waals surface area (Å²) in [6.07, 6.45) is 4.57. The van der Waals surface area contributed by atoms with E-state index in [0.29, 0.717) is 22.9 Å². The van der Waals surface area contributed by atoms with E-state index in [1.165, 1.54) is 11.3 Å². The second kappa shape index (κ2) is 4.76. The highest BCUT2D eigenvalue weighted by molar-refractivity contribution is 9.10. The van der Waals surface area contributed by atoms with Crippen LogP contribution in [0.15, 0.2) is 22.1 Å². The third kappa shape index (κ3) is 2.79. The van der Waals surface area contributed by atoms with Gasteiger partial charge < -0.3 is 9.64 Å². The molecule has 0 N–H and O–H groups in total. The number of carbonyl (C=O) groups excluding carboxylic acids is 1. The van der Waals surface area contributed by atoms with Crippen molar-refractivity contribution in [1.82, 2.24) is 9.88 Å². The fourth-order valence-corrected chi connectivity index (χ4v) is 2.31. The van der Waals surface area contributed by atoms with Gasteiger partial charge in [0.25, 0.3) is 5.19 Å². The number of carbonyl (C=O) groups is 1. The maximum atomic E-state index is 11.6. The van der Waals surface area contributed by atoms with Gasteiger partial charge >= 0.3 is 6.09 Å². The van der Waals surface area contributed by atoms with E-state index in [1.54, 1.807) is 10.3 Å². The minimum atomic E-state index is -0.332. The molecule has 1 aromatic heterocycles. The summed E-state index contributed by atoms with van der Waals surface area (Å²) in [5.41, 5.74) is 0. The minimum absolute atomic E-state index is 0.332. The molecule has 0 radical (unpaired) electrons. The number of rotatable bonds is 1. The molecule has 1 aromatic rings. The van der Waals surface area contributed by atoms with Gasteiger partial charge in [-0.25, -0.2) is 4.79 Å². The Morgan fingerprint density at radius 2 is 2.47 bits per heavy atom. The van der Waals surface area contributed by atoms with Gasteiger partial charge in [-0.2, -0.15) is 4.98 Å². The number of aromatic nitrogens is 1. The number of nitrogens with zero attached hydrogens (tertiary/aromatic N) is 2. The van der Waals surface area contributed by atoms with Crippen LogP contribution in [-0.4, -0.2) is 29.1 Å². The molecular formula is C9H9BrN2O2S. The van der Waals surface area contributed by atoms with Crippen molar-refractivity contribution in [1.29, 1.82) is 0 Å². The molecule has 0 unspecified atom stereocenters. The lowest BCUT2D eigenvalue weighted by atomic mass is 10.3. The molecule has 0 saturated carbocycles. The Morgan fingerprint density at radius 3 is 3.07 bits per heavy atom. The highest BCUT2D eigenvalue weighted by Gasteiger charge is 2.17. The smallest absolute Gasteiger partial charge is 0.381 e. The summed E-state index contributed by atoms with van der Waals surface area (Å²) in [5, 5.41) is 2.15. The molecule has 4 nitrogen and oxygen atoms in total. The lowest BCUT2D eigenvalue weighted by Gasteiger charge is -2.21. The highest BCUT2D eigenvalue weighted by Crippen LogP contribution is 2.22. The van der Waals surface area contributed by atoms with Gasteiger partial charge in [-0.1, -0.05) is 23.5 Å². The fourth-order valence-electron chi connectivity index (χ4n) is 1.23. The van der Waals surface area contributed by atoms with Gasteiger partial charge in [0.05, 0.1) is 0 Å². The molecule has 2 heterocycles. The average molecular weight is 289 g/mol. The average Bonchev–Trinajstić information content (AvgIpc) is 2.65. The molecule has 15 heavy (non-hydrogen) atoms. The van der Waals surface area contributed by atoms with E-state index in [-0.39, 0.29) is 6.09 Å². The van der Waals surface area contributed by atoms with E-state index in [2.05, 4.69) is 27.0 Å². The minimum Gasteiger partial charge on any atom is -0.381 e. The molecule has 0 atom stereocenters. The van der Waals surface area contributed by atoms with Gasteiger partial charge in [0.2, 0.25) is 0 Å². The molecule has 0 fully saturated rings. The second-order valence-corrected chi connectivity index (χ2v) is 4.64. The van der Waals surface area contributed by atoms with Crippen molar-refractivity contribution >= 4 is 33.4 Å². The summed E-state index contributed by atoms with van der Waals surface area (Å²) in [4.78, 5) is 17.2. The first kappa shape index (κ1) is 10.6. The molecule has 0 saturated heterocycles. The van der Waals surface area contributed by atoms with Crippen LogP contribution in [0.1, 0.15) is 6.42 Å². The maximum absolute atomic E-state index is 11.6. The van der Waals surface area contributed by atoms with Crippen LogP contribution < -0.4 is 4.74 Å². The number of ether oxygens (including phenoxy) is 1. The normalized spacial score (nSPS) is 15.4. The zero-order valence-electron chi connectivity index (χ0n) is 7.85. The third-order valence-corrected chi connectivity index (χ3v) is 3.37. The molecule has 80 valence electrons. The van der Waals surface area contributed by atoms with Crippen LogP contribution in [0.5, 0.6) is 5.19 Å². The largest absolute Gasteiger partial charge is 0.417 e. The van der Waals surface area contributed by atoms with Gasteiger partial charge in [0.15, 0.2) is 0 Å². The molecule has 0 bridgehead atoms. The highest BCUT2D eigenvalue weighted by atomic mass is 79.9. The lowest BCUT2D eigenvalue weighted by molar-refractivity contribution is 0.156. The molecule has 0 aliphatic carbocycles. The van der Waals surface area contributed by atoms with Gasteiger partial charge in [-0.15, -0.1) is 0 Å². The van der Waals surface area contributed by atoms with Crippen LogP contribution in [0.3, 0.4) is 0 Å². The van der Waals surface area contributed by atoms with E-state index < -0.39 is 0 Å². The molecule has 1 aliphatic heterocycles.